The molecule has 34 heavy (non-hydrogen) atoms. The highest BCUT2D eigenvalue weighted by Crippen LogP contribution is 2.42. The lowest BCUT2D eigenvalue weighted by atomic mass is 9.94. The van der Waals surface area contributed by atoms with Crippen LogP contribution in [0.4, 0.5) is 0 Å². The fourth-order valence-electron chi connectivity index (χ4n) is 4.14. The van der Waals surface area contributed by atoms with Crippen LogP contribution in [0.15, 0.2) is 48.0 Å². The fourth-order valence-corrected chi connectivity index (χ4v) is 4.14. The van der Waals surface area contributed by atoms with Crippen molar-refractivity contribution >= 4 is 17.4 Å². The van der Waals surface area contributed by atoms with Crippen molar-refractivity contribution in [2.24, 2.45) is 5.92 Å². The first kappa shape index (κ1) is 23.7. The molecular weight excluding hydrogens is 434 g/mol. The summed E-state index contributed by atoms with van der Waals surface area (Å²) in [4.78, 5) is 27.7. The zero-order valence-electron chi connectivity index (χ0n) is 19.9. The predicted octanol–water partition coefficient (Wildman–Crippen LogP) is 4.71. The lowest BCUT2D eigenvalue weighted by Crippen LogP contribution is -2.30. The Morgan fingerprint density at radius 3 is 2.47 bits per heavy atom. The van der Waals surface area contributed by atoms with Crippen molar-refractivity contribution in [3.63, 3.8) is 0 Å². The summed E-state index contributed by atoms with van der Waals surface area (Å²) in [7, 11) is 0. The largest absolute Gasteiger partial charge is 0.507 e. The van der Waals surface area contributed by atoms with Crippen molar-refractivity contribution in [1.29, 1.82) is 0 Å². The molecule has 4 rings (SSSR count). The van der Waals surface area contributed by atoms with Gasteiger partial charge in [-0.2, -0.15) is 0 Å². The molecule has 1 fully saturated rings. The van der Waals surface area contributed by atoms with Gasteiger partial charge in [0.1, 0.15) is 24.7 Å². The molecular formula is C27H31NO6. The minimum atomic E-state index is -0.709. The van der Waals surface area contributed by atoms with E-state index < -0.39 is 17.7 Å². The molecule has 2 aromatic carbocycles. The Labute approximate surface area is 199 Å². The van der Waals surface area contributed by atoms with Gasteiger partial charge in [-0.15, -0.1) is 0 Å². The third-order valence-corrected chi connectivity index (χ3v) is 5.89. The van der Waals surface area contributed by atoms with E-state index in [0.29, 0.717) is 60.7 Å². The quantitative estimate of drug-likeness (QED) is 0.345. The van der Waals surface area contributed by atoms with Crippen LogP contribution in [-0.2, 0) is 9.59 Å². The molecule has 2 aliphatic heterocycles. The number of unbranched alkanes of at least 4 members (excludes halogenated alkanes) is 1. The Morgan fingerprint density at radius 2 is 1.79 bits per heavy atom. The van der Waals surface area contributed by atoms with Crippen LogP contribution in [0.2, 0.25) is 0 Å². The van der Waals surface area contributed by atoms with Gasteiger partial charge in [0, 0.05) is 12.1 Å². The topological polar surface area (TPSA) is 85.3 Å². The molecule has 0 spiro atoms. The highest BCUT2D eigenvalue weighted by molar-refractivity contribution is 6.46. The van der Waals surface area contributed by atoms with Gasteiger partial charge >= 0.3 is 0 Å². The number of carbonyl (C=O) groups is 2. The number of likely N-dealkylation sites (tertiary alicyclic amines) is 1. The first-order valence-corrected chi connectivity index (χ1v) is 11.8. The third kappa shape index (κ3) is 4.74. The van der Waals surface area contributed by atoms with Gasteiger partial charge in [0.25, 0.3) is 11.7 Å². The zero-order chi connectivity index (χ0) is 24.2. The second kappa shape index (κ2) is 10.2. The summed E-state index contributed by atoms with van der Waals surface area (Å²) in [5, 5.41) is 11.2. The lowest BCUT2D eigenvalue weighted by molar-refractivity contribution is -0.139. The number of nitrogens with zero attached hydrogens (tertiary/aromatic N) is 1. The number of hydrogen-bond acceptors (Lipinski definition) is 6. The minimum Gasteiger partial charge on any atom is -0.507 e. The number of rotatable bonds is 8. The van der Waals surface area contributed by atoms with Crippen molar-refractivity contribution in [3.8, 4) is 17.2 Å². The normalized spacial score (nSPS) is 19.1. The molecule has 1 N–H and O–H groups in total. The van der Waals surface area contributed by atoms with Gasteiger partial charge in [-0.3, -0.25) is 9.59 Å². The van der Waals surface area contributed by atoms with E-state index in [4.69, 9.17) is 14.2 Å². The third-order valence-electron chi connectivity index (χ3n) is 5.89. The summed E-state index contributed by atoms with van der Waals surface area (Å²) < 4.78 is 17.1. The molecule has 180 valence electrons. The number of ketones is 1. The van der Waals surface area contributed by atoms with E-state index >= 15 is 0 Å². The van der Waals surface area contributed by atoms with Gasteiger partial charge in [-0.25, -0.2) is 0 Å². The van der Waals surface area contributed by atoms with Crippen molar-refractivity contribution in [1.82, 2.24) is 4.90 Å². The number of aliphatic hydroxyl groups is 1. The van der Waals surface area contributed by atoms with Crippen molar-refractivity contribution in [2.45, 2.75) is 39.7 Å². The predicted molar refractivity (Wildman–Crippen MR) is 128 cm³/mol. The molecule has 1 unspecified atom stereocenters. The number of aliphatic hydroxyl groups excluding tert-OH is 1. The van der Waals surface area contributed by atoms with E-state index in [1.807, 2.05) is 13.0 Å². The van der Waals surface area contributed by atoms with Crippen LogP contribution in [-0.4, -0.2) is 48.1 Å². The average molecular weight is 466 g/mol. The summed E-state index contributed by atoms with van der Waals surface area (Å²) in [5.41, 5.74) is 1.22. The zero-order valence-corrected chi connectivity index (χ0v) is 19.9. The molecule has 0 saturated carbocycles. The molecule has 0 radical (unpaired) electrons. The molecule has 7 nitrogen and oxygen atoms in total. The molecule has 1 amide bonds. The molecule has 0 aliphatic carbocycles. The number of Topliss-reactive ketones (excluding diaryl/α,β-unsaturated/α-hetero) is 1. The van der Waals surface area contributed by atoms with Crippen LogP contribution in [0, 0.1) is 5.92 Å². The van der Waals surface area contributed by atoms with Crippen LogP contribution in [0.3, 0.4) is 0 Å². The average Bonchev–Trinajstić information content (AvgIpc) is 3.10. The minimum absolute atomic E-state index is 0.0774. The van der Waals surface area contributed by atoms with Gasteiger partial charge in [0.2, 0.25) is 0 Å². The molecule has 0 aromatic heterocycles. The van der Waals surface area contributed by atoms with Gasteiger partial charge in [-0.05, 0) is 54.3 Å². The maximum atomic E-state index is 13.1. The standard InChI is InChI=1S/C27H31NO6/c1-4-5-12-28-24(19-8-11-21-22(15-19)33-14-13-32-21)23(26(30)27(28)31)25(29)18-6-9-20(10-7-18)34-16-17(2)3/h6-11,15,17,24,29H,4-5,12-14,16H2,1-3H3/b25-23-. The summed E-state index contributed by atoms with van der Waals surface area (Å²) in [6, 6.07) is 11.6. The fraction of sp³-hybridized carbons (Fsp3) is 0.407. The van der Waals surface area contributed by atoms with Gasteiger partial charge in [-0.1, -0.05) is 33.3 Å². The molecule has 2 heterocycles. The molecule has 7 heteroatoms. The highest BCUT2D eigenvalue weighted by atomic mass is 16.6. The van der Waals surface area contributed by atoms with Gasteiger partial charge in [0.05, 0.1) is 18.2 Å². The number of ether oxygens (including phenoxy) is 3. The molecule has 1 atom stereocenters. The number of carbonyl (C=O) groups excluding carboxylic acids is 2. The molecule has 0 bridgehead atoms. The SMILES string of the molecule is CCCCN1C(=O)C(=O)/C(=C(\O)c2ccc(OCC(C)C)cc2)C1c1ccc2c(c1)OCCO2. The van der Waals surface area contributed by atoms with Gasteiger partial charge in [0.15, 0.2) is 11.5 Å². The Kier molecular flexibility index (Phi) is 7.10. The van der Waals surface area contributed by atoms with E-state index in [2.05, 4.69) is 13.8 Å². The number of hydrogen-bond donors (Lipinski definition) is 1. The van der Waals surface area contributed by atoms with Crippen LogP contribution >= 0.6 is 0 Å². The van der Waals surface area contributed by atoms with Crippen molar-refractivity contribution in [2.75, 3.05) is 26.4 Å². The Balaban J connectivity index is 1.74. The van der Waals surface area contributed by atoms with Crippen molar-refractivity contribution in [3.05, 3.63) is 59.2 Å². The molecule has 2 aromatic rings. The number of amides is 1. The van der Waals surface area contributed by atoms with E-state index in [0.717, 1.165) is 12.8 Å². The lowest BCUT2D eigenvalue weighted by Gasteiger charge is -2.27. The maximum Gasteiger partial charge on any atom is 0.295 e. The van der Waals surface area contributed by atoms with Crippen LogP contribution < -0.4 is 14.2 Å². The summed E-state index contributed by atoms with van der Waals surface area (Å²) >= 11 is 0. The Morgan fingerprint density at radius 1 is 1.09 bits per heavy atom. The van der Waals surface area contributed by atoms with E-state index in [1.165, 1.54) is 0 Å². The van der Waals surface area contributed by atoms with Gasteiger partial charge < -0.3 is 24.2 Å². The smallest absolute Gasteiger partial charge is 0.295 e. The van der Waals surface area contributed by atoms with E-state index in [9.17, 15) is 14.7 Å². The van der Waals surface area contributed by atoms with Crippen LogP contribution in [0.5, 0.6) is 17.2 Å². The number of benzene rings is 2. The van der Waals surface area contributed by atoms with Crippen molar-refractivity contribution < 1.29 is 28.9 Å². The summed E-state index contributed by atoms with van der Waals surface area (Å²) in [6.45, 7) is 8.05. The molecule has 1 saturated heterocycles. The Bertz CT molecular complexity index is 1090. The second-order valence-electron chi connectivity index (χ2n) is 8.98. The Hall–Kier alpha value is -3.48. The summed E-state index contributed by atoms with van der Waals surface area (Å²) in [6.07, 6.45) is 1.62. The maximum absolute atomic E-state index is 13.1. The molecule has 2 aliphatic rings. The highest BCUT2D eigenvalue weighted by Gasteiger charge is 2.46. The summed E-state index contributed by atoms with van der Waals surface area (Å²) in [5.74, 6) is 0.761. The van der Waals surface area contributed by atoms with E-state index in [1.54, 1.807) is 41.3 Å². The van der Waals surface area contributed by atoms with Crippen LogP contribution in [0.1, 0.15) is 50.8 Å². The first-order chi connectivity index (χ1) is 16.4. The number of fused-ring (bicyclic) bond motifs is 1. The van der Waals surface area contributed by atoms with E-state index in [-0.39, 0.29) is 11.3 Å². The van der Waals surface area contributed by atoms with Crippen LogP contribution in [0.25, 0.3) is 5.76 Å². The second-order valence-corrected chi connectivity index (χ2v) is 8.98. The monoisotopic (exact) mass is 465 g/mol. The first-order valence-electron chi connectivity index (χ1n) is 11.8.